The van der Waals surface area contributed by atoms with Crippen LogP contribution in [-0.2, 0) is 4.79 Å². The number of thiophene rings is 1. The molecule has 0 bridgehead atoms. The molecule has 4 nitrogen and oxygen atoms in total. The van der Waals surface area contributed by atoms with E-state index in [4.69, 9.17) is 5.11 Å². The van der Waals surface area contributed by atoms with E-state index in [1.54, 1.807) is 6.92 Å². The maximum atomic E-state index is 10.5. The zero-order chi connectivity index (χ0) is 10.6. The highest BCUT2D eigenvalue weighted by atomic mass is 32.1. The van der Waals surface area contributed by atoms with Crippen molar-refractivity contribution in [2.24, 2.45) is 0 Å². The minimum atomic E-state index is -0.914. The van der Waals surface area contributed by atoms with Crippen molar-refractivity contribution in [1.29, 1.82) is 0 Å². The van der Waals surface area contributed by atoms with Crippen LogP contribution in [0.25, 0.3) is 0 Å². The standard InChI is InChI=1S/C9H13NO3S/c1-6(9(12)13)10-5-7(11)8-3-2-4-14-8/h2-4,6-7,10-11H,5H2,1H3,(H,12,13). The minimum absolute atomic E-state index is 0.258. The molecule has 1 heterocycles. The van der Waals surface area contributed by atoms with Crippen molar-refractivity contribution in [2.75, 3.05) is 6.54 Å². The van der Waals surface area contributed by atoms with Crippen LogP contribution in [0.4, 0.5) is 0 Å². The number of aliphatic hydroxyl groups excluding tert-OH is 1. The fourth-order valence-corrected chi connectivity index (χ4v) is 1.67. The van der Waals surface area contributed by atoms with Gasteiger partial charge in [0, 0.05) is 11.4 Å². The monoisotopic (exact) mass is 215 g/mol. The van der Waals surface area contributed by atoms with Gasteiger partial charge in [0.1, 0.15) is 12.1 Å². The molecule has 1 aromatic rings. The summed E-state index contributed by atoms with van der Waals surface area (Å²) in [5, 5.41) is 22.8. The van der Waals surface area contributed by atoms with Crippen LogP contribution in [0.2, 0.25) is 0 Å². The number of aliphatic carboxylic acids is 1. The lowest BCUT2D eigenvalue weighted by molar-refractivity contribution is -0.139. The molecule has 0 radical (unpaired) electrons. The number of carboxylic acids is 1. The molecule has 0 saturated carbocycles. The Morgan fingerprint density at radius 1 is 1.71 bits per heavy atom. The van der Waals surface area contributed by atoms with Gasteiger partial charge in [-0.1, -0.05) is 6.07 Å². The first-order valence-corrected chi connectivity index (χ1v) is 5.17. The first kappa shape index (κ1) is 11.2. The third kappa shape index (κ3) is 3.10. The van der Waals surface area contributed by atoms with Gasteiger partial charge in [-0.15, -0.1) is 11.3 Å². The molecule has 5 heteroatoms. The third-order valence-electron chi connectivity index (χ3n) is 1.86. The lowest BCUT2D eigenvalue weighted by Gasteiger charge is -2.12. The van der Waals surface area contributed by atoms with Crippen LogP contribution < -0.4 is 5.32 Å². The van der Waals surface area contributed by atoms with E-state index < -0.39 is 18.1 Å². The zero-order valence-corrected chi connectivity index (χ0v) is 8.62. The van der Waals surface area contributed by atoms with Crippen LogP contribution in [-0.4, -0.2) is 28.8 Å². The smallest absolute Gasteiger partial charge is 0.320 e. The fraction of sp³-hybridized carbons (Fsp3) is 0.444. The highest BCUT2D eigenvalue weighted by Gasteiger charge is 2.13. The summed E-state index contributed by atoms with van der Waals surface area (Å²) in [6, 6.07) is 3.04. The maximum absolute atomic E-state index is 10.5. The molecule has 78 valence electrons. The Morgan fingerprint density at radius 2 is 2.43 bits per heavy atom. The molecule has 0 aromatic carbocycles. The van der Waals surface area contributed by atoms with Crippen molar-refractivity contribution in [1.82, 2.24) is 5.32 Å². The summed E-state index contributed by atoms with van der Waals surface area (Å²) < 4.78 is 0. The second-order valence-electron chi connectivity index (χ2n) is 3.00. The van der Waals surface area contributed by atoms with Crippen LogP contribution in [0.5, 0.6) is 0 Å². The Labute approximate surface area is 86.2 Å². The molecule has 0 saturated heterocycles. The highest BCUT2D eigenvalue weighted by molar-refractivity contribution is 7.10. The van der Waals surface area contributed by atoms with Crippen molar-refractivity contribution in [3.8, 4) is 0 Å². The molecule has 0 aliphatic carbocycles. The number of carboxylic acid groups (broad SMARTS) is 1. The van der Waals surface area contributed by atoms with E-state index in [1.807, 2.05) is 17.5 Å². The first-order valence-electron chi connectivity index (χ1n) is 4.29. The fourth-order valence-electron chi connectivity index (χ4n) is 0.957. The van der Waals surface area contributed by atoms with E-state index in [1.165, 1.54) is 11.3 Å². The summed E-state index contributed by atoms with van der Waals surface area (Å²) in [5.74, 6) is -0.914. The molecular formula is C9H13NO3S. The van der Waals surface area contributed by atoms with Gasteiger partial charge in [0.25, 0.3) is 0 Å². The van der Waals surface area contributed by atoms with E-state index in [0.29, 0.717) is 0 Å². The van der Waals surface area contributed by atoms with E-state index in [0.717, 1.165) is 4.88 Å². The Hall–Kier alpha value is -0.910. The van der Waals surface area contributed by atoms with Crippen LogP contribution in [0.1, 0.15) is 17.9 Å². The van der Waals surface area contributed by atoms with Gasteiger partial charge in [0.2, 0.25) is 0 Å². The average Bonchev–Trinajstić information content (AvgIpc) is 2.66. The molecule has 0 fully saturated rings. The summed E-state index contributed by atoms with van der Waals surface area (Å²) >= 11 is 1.45. The molecule has 0 aliphatic heterocycles. The van der Waals surface area contributed by atoms with E-state index in [9.17, 15) is 9.90 Å². The second kappa shape index (κ2) is 5.09. The molecule has 3 N–H and O–H groups in total. The average molecular weight is 215 g/mol. The number of carbonyl (C=O) groups is 1. The van der Waals surface area contributed by atoms with Crippen molar-refractivity contribution >= 4 is 17.3 Å². The molecule has 2 atom stereocenters. The highest BCUT2D eigenvalue weighted by Crippen LogP contribution is 2.17. The SMILES string of the molecule is CC(NCC(O)c1cccs1)C(=O)O. The zero-order valence-electron chi connectivity index (χ0n) is 7.80. The lowest BCUT2D eigenvalue weighted by Crippen LogP contribution is -2.36. The number of rotatable bonds is 5. The summed E-state index contributed by atoms with van der Waals surface area (Å²) in [5.41, 5.74) is 0. The Bertz CT molecular complexity index is 286. The molecular weight excluding hydrogens is 202 g/mol. The summed E-state index contributed by atoms with van der Waals surface area (Å²) in [6.45, 7) is 1.80. The molecule has 14 heavy (non-hydrogen) atoms. The maximum Gasteiger partial charge on any atom is 0.320 e. The van der Waals surface area contributed by atoms with Gasteiger partial charge in [0.15, 0.2) is 0 Å². The first-order chi connectivity index (χ1) is 6.61. The normalized spacial score (nSPS) is 15.0. The van der Waals surface area contributed by atoms with Gasteiger partial charge in [-0.3, -0.25) is 4.79 Å². The van der Waals surface area contributed by atoms with Gasteiger partial charge in [-0.05, 0) is 18.4 Å². The van der Waals surface area contributed by atoms with Crippen LogP contribution in [0, 0.1) is 0 Å². The van der Waals surface area contributed by atoms with E-state index >= 15 is 0 Å². The van der Waals surface area contributed by atoms with Crippen molar-refractivity contribution in [3.63, 3.8) is 0 Å². The van der Waals surface area contributed by atoms with Crippen LogP contribution in [0.15, 0.2) is 17.5 Å². The molecule has 1 aromatic heterocycles. The van der Waals surface area contributed by atoms with Crippen LogP contribution >= 0.6 is 11.3 Å². The van der Waals surface area contributed by atoms with E-state index in [2.05, 4.69) is 5.32 Å². The van der Waals surface area contributed by atoms with Gasteiger partial charge in [-0.25, -0.2) is 0 Å². The molecule has 1 rings (SSSR count). The van der Waals surface area contributed by atoms with Gasteiger partial charge < -0.3 is 15.5 Å². The summed E-state index contributed by atoms with van der Waals surface area (Å²) in [7, 11) is 0. The number of hydrogen-bond acceptors (Lipinski definition) is 4. The van der Waals surface area contributed by atoms with Crippen molar-refractivity contribution < 1.29 is 15.0 Å². The lowest BCUT2D eigenvalue weighted by atomic mass is 10.2. The predicted octanol–water partition coefficient (Wildman–Crippen LogP) is 0.844. The Kier molecular flexibility index (Phi) is 4.06. The largest absolute Gasteiger partial charge is 0.480 e. The number of aliphatic hydroxyl groups is 1. The molecule has 0 spiro atoms. The minimum Gasteiger partial charge on any atom is -0.480 e. The van der Waals surface area contributed by atoms with Crippen molar-refractivity contribution in [3.05, 3.63) is 22.4 Å². The molecule has 2 unspecified atom stereocenters. The van der Waals surface area contributed by atoms with Gasteiger partial charge in [-0.2, -0.15) is 0 Å². The summed E-state index contributed by atoms with van der Waals surface area (Å²) in [6.07, 6.45) is -0.628. The third-order valence-corrected chi connectivity index (χ3v) is 2.83. The predicted molar refractivity (Wildman–Crippen MR) is 54.4 cm³/mol. The Morgan fingerprint density at radius 3 is 2.93 bits per heavy atom. The van der Waals surface area contributed by atoms with E-state index in [-0.39, 0.29) is 6.54 Å². The second-order valence-corrected chi connectivity index (χ2v) is 3.98. The molecule has 0 amide bonds. The van der Waals surface area contributed by atoms with Crippen molar-refractivity contribution in [2.45, 2.75) is 19.1 Å². The quantitative estimate of drug-likeness (QED) is 0.681. The number of hydrogen-bond donors (Lipinski definition) is 3. The van der Waals surface area contributed by atoms with Gasteiger partial charge >= 0.3 is 5.97 Å². The topological polar surface area (TPSA) is 69.6 Å². The Balaban J connectivity index is 2.35. The summed E-state index contributed by atoms with van der Waals surface area (Å²) in [4.78, 5) is 11.3. The number of nitrogens with one attached hydrogen (secondary N) is 1. The van der Waals surface area contributed by atoms with Crippen LogP contribution in [0.3, 0.4) is 0 Å². The van der Waals surface area contributed by atoms with Gasteiger partial charge in [0.05, 0.1) is 0 Å². The molecule has 0 aliphatic rings.